The lowest BCUT2D eigenvalue weighted by molar-refractivity contribution is -0.141. The third-order valence-corrected chi connectivity index (χ3v) is 6.10. The fourth-order valence-electron chi connectivity index (χ4n) is 4.63. The molecule has 0 saturated heterocycles. The Balaban J connectivity index is 1.72. The molecule has 0 amide bonds. The minimum absolute atomic E-state index is 0.0668. The van der Waals surface area contributed by atoms with Crippen molar-refractivity contribution in [2.45, 2.75) is 38.3 Å². The van der Waals surface area contributed by atoms with Crippen LogP contribution in [-0.2, 0) is 26.9 Å². The number of carbonyl (C=O) groups excluding carboxylic acids is 2. The number of benzene rings is 2. The number of ketones is 1. The maximum absolute atomic E-state index is 13.9. The molecule has 2 aliphatic rings. The maximum atomic E-state index is 13.9. The Hall–Kier alpha value is -3.35. The Morgan fingerprint density at radius 2 is 1.76 bits per heavy atom. The van der Waals surface area contributed by atoms with Gasteiger partial charge < -0.3 is 10.1 Å². The normalized spacial score (nSPS) is 20.6. The number of alkyl halides is 3. The molecule has 0 saturated carbocycles. The second-order valence-corrected chi connectivity index (χ2v) is 8.24. The molecule has 7 heteroatoms. The minimum Gasteiger partial charge on any atom is -0.462 e. The molecule has 33 heavy (non-hydrogen) atoms. The fourth-order valence-corrected chi connectivity index (χ4v) is 4.63. The molecule has 172 valence electrons. The molecule has 0 aromatic heterocycles. The maximum Gasteiger partial charge on any atom is 0.416 e. The molecule has 4 rings (SSSR count). The molecule has 1 heterocycles. The number of rotatable bonds is 5. The Morgan fingerprint density at radius 1 is 1.06 bits per heavy atom. The van der Waals surface area contributed by atoms with E-state index in [1.54, 1.807) is 6.92 Å². The van der Waals surface area contributed by atoms with Crippen LogP contribution in [0, 0.1) is 5.92 Å². The minimum atomic E-state index is -4.63. The van der Waals surface area contributed by atoms with Crippen LogP contribution in [0.1, 0.15) is 42.4 Å². The number of hydrogen-bond donors (Lipinski definition) is 1. The summed E-state index contributed by atoms with van der Waals surface area (Å²) >= 11 is 0. The molecule has 2 unspecified atom stereocenters. The third-order valence-electron chi connectivity index (χ3n) is 6.10. The summed E-state index contributed by atoms with van der Waals surface area (Å²) in [6.45, 7) is 1.71. The van der Waals surface area contributed by atoms with Gasteiger partial charge in [-0.3, -0.25) is 4.79 Å². The zero-order valence-electron chi connectivity index (χ0n) is 18.1. The second-order valence-electron chi connectivity index (χ2n) is 8.24. The van der Waals surface area contributed by atoms with Gasteiger partial charge in [0, 0.05) is 30.2 Å². The van der Waals surface area contributed by atoms with Crippen molar-refractivity contribution in [3.05, 3.63) is 94.3 Å². The van der Waals surface area contributed by atoms with Crippen LogP contribution >= 0.6 is 0 Å². The zero-order valence-corrected chi connectivity index (χ0v) is 18.1. The van der Waals surface area contributed by atoms with Gasteiger partial charge in [-0.15, -0.1) is 0 Å². The fraction of sp³-hybridized carbons (Fsp3) is 0.308. The highest BCUT2D eigenvalue weighted by Crippen LogP contribution is 2.47. The average molecular weight is 455 g/mol. The molecule has 0 bridgehead atoms. The Morgan fingerprint density at radius 3 is 2.48 bits per heavy atom. The number of nitrogens with one attached hydrogen (secondary N) is 1. The lowest BCUT2D eigenvalue weighted by Crippen LogP contribution is -2.41. The quantitative estimate of drug-likeness (QED) is 0.621. The van der Waals surface area contributed by atoms with Crippen LogP contribution in [-0.4, -0.2) is 18.4 Å². The summed E-state index contributed by atoms with van der Waals surface area (Å²) in [5, 5.41) is 3.08. The number of ether oxygens (including phenoxy) is 1. The van der Waals surface area contributed by atoms with E-state index < -0.39 is 29.5 Å². The van der Waals surface area contributed by atoms with E-state index >= 15 is 0 Å². The predicted octanol–water partition coefficient (Wildman–Crippen LogP) is 5.32. The molecular weight excluding hydrogens is 431 g/mol. The molecule has 1 aliphatic heterocycles. The van der Waals surface area contributed by atoms with Crippen molar-refractivity contribution in [2.24, 2.45) is 5.92 Å². The molecule has 2 atom stereocenters. The molecule has 0 spiro atoms. The first-order valence-electron chi connectivity index (χ1n) is 10.8. The van der Waals surface area contributed by atoms with E-state index in [0.717, 1.165) is 11.6 Å². The van der Waals surface area contributed by atoms with Crippen LogP contribution < -0.4 is 5.32 Å². The third kappa shape index (κ3) is 4.72. The summed E-state index contributed by atoms with van der Waals surface area (Å²) in [5.74, 6) is -2.87. The van der Waals surface area contributed by atoms with Gasteiger partial charge in [-0.05, 0) is 30.5 Å². The number of esters is 1. The van der Waals surface area contributed by atoms with Crippen LogP contribution in [0.3, 0.4) is 0 Å². The van der Waals surface area contributed by atoms with E-state index in [2.05, 4.69) is 5.32 Å². The summed E-state index contributed by atoms with van der Waals surface area (Å²) in [5.41, 5.74) is 1.05. The van der Waals surface area contributed by atoms with Crippen molar-refractivity contribution < 1.29 is 27.5 Å². The van der Waals surface area contributed by atoms with Gasteiger partial charge in [0.25, 0.3) is 0 Å². The Labute approximate surface area is 190 Å². The number of hydrogen-bond acceptors (Lipinski definition) is 4. The van der Waals surface area contributed by atoms with Gasteiger partial charge in [-0.1, -0.05) is 54.6 Å². The van der Waals surface area contributed by atoms with Crippen molar-refractivity contribution in [3.63, 3.8) is 0 Å². The van der Waals surface area contributed by atoms with Gasteiger partial charge in [0.15, 0.2) is 0 Å². The van der Waals surface area contributed by atoms with Crippen LogP contribution in [0.15, 0.2) is 77.6 Å². The lowest BCUT2D eigenvalue weighted by Gasteiger charge is -2.38. The molecular formula is C26H24F3NO3. The van der Waals surface area contributed by atoms with Gasteiger partial charge in [0.1, 0.15) is 5.78 Å². The van der Waals surface area contributed by atoms with E-state index in [1.165, 1.54) is 18.2 Å². The van der Waals surface area contributed by atoms with Crippen molar-refractivity contribution in [2.75, 3.05) is 6.61 Å². The lowest BCUT2D eigenvalue weighted by atomic mass is 9.70. The van der Waals surface area contributed by atoms with Crippen LogP contribution in [0.5, 0.6) is 0 Å². The van der Waals surface area contributed by atoms with Gasteiger partial charge in [0.2, 0.25) is 0 Å². The smallest absolute Gasteiger partial charge is 0.416 e. The van der Waals surface area contributed by atoms with Crippen LogP contribution in [0.4, 0.5) is 13.2 Å². The number of carbonyl (C=O) groups is 2. The summed E-state index contributed by atoms with van der Waals surface area (Å²) in [6, 6.07) is 14.6. The number of halogens is 3. The van der Waals surface area contributed by atoms with E-state index in [9.17, 15) is 22.8 Å². The summed E-state index contributed by atoms with van der Waals surface area (Å²) in [6.07, 6.45) is -1.59. The van der Waals surface area contributed by atoms with Crippen molar-refractivity contribution >= 4 is 11.8 Å². The molecule has 1 aliphatic carbocycles. The monoisotopic (exact) mass is 455 g/mol. The topological polar surface area (TPSA) is 55.4 Å². The number of fused-ring (bicyclic) bond motifs is 1. The largest absolute Gasteiger partial charge is 0.462 e. The molecule has 0 fully saturated rings. The number of allylic oxidation sites excluding steroid dienone is 3. The van der Waals surface area contributed by atoms with Crippen molar-refractivity contribution in [3.8, 4) is 0 Å². The molecule has 1 N–H and O–H groups in total. The highest BCUT2D eigenvalue weighted by Gasteiger charge is 2.46. The summed E-state index contributed by atoms with van der Waals surface area (Å²) in [4.78, 5) is 26.1. The van der Waals surface area contributed by atoms with Crippen LogP contribution in [0.2, 0.25) is 0 Å². The SMILES string of the molecule is CC1=C(C(=O)OCCc2ccccc2)C(c2ccccc2C(F)(F)F)C2C(=O)CCC=C2N1. The predicted molar refractivity (Wildman–Crippen MR) is 117 cm³/mol. The highest BCUT2D eigenvalue weighted by atomic mass is 19.4. The van der Waals surface area contributed by atoms with Gasteiger partial charge in [0.05, 0.1) is 23.7 Å². The Kier molecular flexibility index (Phi) is 6.40. The van der Waals surface area contributed by atoms with E-state index in [1.807, 2.05) is 36.4 Å². The van der Waals surface area contributed by atoms with Crippen molar-refractivity contribution in [1.82, 2.24) is 5.32 Å². The van der Waals surface area contributed by atoms with Crippen molar-refractivity contribution in [1.29, 1.82) is 0 Å². The standard InChI is InChI=1S/C26H24F3NO3/c1-16-22(25(32)33-15-14-17-8-3-2-4-9-17)23(24-20(30-16)12-7-13-21(24)31)18-10-5-6-11-19(18)26(27,28)29/h2-6,8-12,23-24,30H,7,13-15H2,1H3. The van der Waals surface area contributed by atoms with Gasteiger partial charge in [-0.25, -0.2) is 4.79 Å². The Bertz CT molecular complexity index is 1120. The summed E-state index contributed by atoms with van der Waals surface area (Å²) < 4.78 is 47.2. The highest BCUT2D eigenvalue weighted by molar-refractivity contribution is 5.96. The number of Topliss-reactive ketones (excluding diaryl/α,β-unsaturated/α-hetero) is 1. The van der Waals surface area contributed by atoms with E-state index in [0.29, 0.717) is 24.2 Å². The first kappa shape index (κ1) is 22.8. The molecule has 0 radical (unpaired) electrons. The first-order chi connectivity index (χ1) is 15.8. The van der Waals surface area contributed by atoms with Gasteiger partial charge in [-0.2, -0.15) is 13.2 Å². The second kappa shape index (κ2) is 9.25. The zero-order chi connectivity index (χ0) is 23.6. The van der Waals surface area contributed by atoms with E-state index in [-0.39, 0.29) is 29.9 Å². The van der Waals surface area contributed by atoms with Gasteiger partial charge >= 0.3 is 12.1 Å². The van der Waals surface area contributed by atoms with Crippen LogP contribution in [0.25, 0.3) is 0 Å². The first-order valence-corrected chi connectivity index (χ1v) is 10.8. The summed E-state index contributed by atoms with van der Waals surface area (Å²) in [7, 11) is 0. The van der Waals surface area contributed by atoms with E-state index in [4.69, 9.17) is 4.74 Å². The molecule has 2 aromatic rings. The molecule has 4 nitrogen and oxygen atoms in total. The molecule has 2 aromatic carbocycles. The average Bonchev–Trinajstić information content (AvgIpc) is 2.78.